The second-order valence-electron chi connectivity index (χ2n) is 6.23. The Hall–Kier alpha value is -0.570. The fraction of sp³-hybridized carbons (Fsp3) is 0.938. The molecule has 0 atom stereocenters. The molecule has 0 N–H and O–H groups in total. The van der Waals surface area contributed by atoms with E-state index in [0.717, 1.165) is 13.0 Å². The molecule has 1 fully saturated rings. The van der Waals surface area contributed by atoms with Crippen LogP contribution in [0.3, 0.4) is 0 Å². The van der Waals surface area contributed by atoms with E-state index in [2.05, 4.69) is 4.90 Å². The summed E-state index contributed by atoms with van der Waals surface area (Å²) in [6, 6.07) is 0. The maximum Gasteiger partial charge on any atom is 0.224 e. The fourth-order valence-corrected chi connectivity index (χ4v) is 2.77. The molecule has 1 amide bonds. The molecule has 3 heteroatoms. The van der Waals surface area contributed by atoms with E-state index in [4.69, 9.17) is 0 Å². The molecule has 0 spiro atoms. The van der Waals surface area contributed by atoms with Gasteiger partial charge < -0.3 is 9.80 Å². The van der Waals surface area contributed by atoms with Crippen LogP contribution in [-0.2, 0) is 4.79 Å². The quantitative estimate of drug-likeness (QED) is 0.631. The molecule has 1 aliphatic heterocycles. The number of likely N-dealkylation sites (tertiary alicyclic amines) is 1. The molecule has 0 bridgehead atoms. The van der Waals surface area contributed by atoms with Crippen molar-refractivity contribution in [3.8, 4) is 0 Å². The molecule has 0 saturated carbocycles. The molecule has 0 radical (unpaired) electrons. The molecular weight excluding hydrogens is 236 g/mol. The van der Waals surface area contributed by atoms with Crippen molar-refractivity contribution in [2.24, 2.45) is 5.92 Å². The predicted octanol–water partition coefficient (Wildman–Crippen LogP) is 3.15. The van der Waals surface area contributed by atoms with Gasteiger partial charge in [-0.1, -0.05) is 33.1 Å². The lowest BCUT2D eigenvalue weighted by atomic mass is 10.1. The average molecular weight is 268 g/mol. The second-order valence-corrected chi connectivity index (χ2v) is 6.23. The molecule has 1 heterocycles. The van der Waals surface area contributed by atoms with Crippen molar-refractivity contribution in [1.29, 1.82) is 0 Å². The minimum absolute atomic E-state index is 0.129. The average Bonchev–Trinajstić information content (AvgIpc) is 2.42. The standard InChI is InChI=1S/C16H32N2O/c1-15(2)16(19)17(3)11-7-4-5-8-12-18-13-9-6-10-14-18/h15H,4-14H2,1-3H3. The zero-order valence-electron chi connectivity index (χ0n) is 13.2. The Bertz CT molecular complexity index is 247. The van der Waals surface area contributed by atoms with Crippen LogP contribution in [-0.4, -0.2) is 48.9 Å². The molecule has 0 aliphatic carbocycles. The summed E-state index contributed by atoms with van der Waals surface area (Å²) in [5.41, 5.74) is 0. The van der Waals surface area contributed by atoms with E-state index in [1.807, 2.05) is 25.8 Å². The van der Waals surface area contributed by atoms with E-state index < -0.39 is 0 Å². The molecule has 0 aromatic rings. The Balaban J connectivity index is 1.94. The van der Waals surface area contributed by atoms with Crippen molar-refractivity contribution in [3.63, 3.8) is 0 Å². The van der Waals surface area contributed by atoms with E-state index in [1.165, 1.54) is 58.2 Å². The minimum atomic E-state index is 0.129. The van der Waals surface area contributed by atoms with Gasteiger partial charge in [0.1, 0.15) is 0 Å². The number of piperidine rings is 1. The molecule has 3 nitrogen and oxygen atoms in total. The van der Waals surface area contributed by atoms with E-state index >= 15 is 0 Å². The van der Waals surface area contributed by atoms with Crippen LogP contribution in [0.4, 0.5) is 0 Å². The Labute approximate surface area is 119 Å². The van der Waals surface area contributed by atoms with Gasteiger partial charge in [0.05, 0.1) is 0 Å². The third-order valence-electron chi connectivity index (χ3n) is 4.04. The first-order chi connectivity index (χ1) is 9.11. The highest BCUT2D eigenvalue weighted by Gasteiger charge is 2.12. The lowest BCUT2D eigenvalue weighted by Crippen LogP contribution is -2.31. The van der Waals surface area contributed by atoms with Gasteiger partial charge in [-0.3, -0.25) is 4.79 Å². The summed E-state index contributed by atoms with van der Waals surface area (Å²) in [6.07, 6.45) is 9.23. The number of carbonyl (C=O) groups is 1. The third kappa shape index (κ3) is 6.95. The molecule has 0 aromatic heterocycles. The molecule has 112 valence electrons. The van der Waals surface area contributed by atoms with Crippen LogP contribution in [0.2, 0.25) is 0 Å². The Morgan fingerprint density at radius 2 is 1.68 bits per heavy atom. The summed E-state index contributed by atoms with van der Waals surface area (Å²) < 4.78 is 0. The monoisotopic (exact) mass is 268 g/mol. The first-order valence-corrected chi connectivity index (χ1v) is 8.08. The largest absolute Gasteiger partial charge is 0.346 e. The van der Waals surface area contributed by atoms with Gasteiger partial charge >= 0.3 is 0 Å². The normalized spacial score (nSPS) is 16.8. The lowest BCUT2D eigenvalue weighted by Gasteiger charge is -2.26. The van der Waals surface area contributed by atoms with Gasteiger partial charge in [-0.2, -0.15) is 0 Å². The van der Waals surface area contributed by atoms with Gasteiger partial charge in [0, 0.05) is 19.5 Å². The zero-order chi connectivity index (χ0) is 14.1. The summed E-state index contributed by atoms with van der Waals surface area (Å²) in [6.45, 7) is 8.76. The van der Waals surface area contributed by atoms with Gasteiger partial charge in [0.15, 0.2) is 0 Å². The maximum atomic E-state index is 11.7. The molecule has 0 aromatic carbocycles. The van der Waals surface area contributed by atoms with Crippen LogP contribution in [0.15, 0.2) is 0 Å². The Morgan fingerprint density at radius 1 is 1.05 bits per heavy atom. The van der Waals surface area contributed by atoms with Crippen molar-refractivity contribution >= 4 is 5.91 Å². The SMILES string of the molecule is CC(C)C(=O)N(C)CCCCCCN1CCCCC1. The molecule has 19 heavy (non-hydrogen) atoms. The fourth-order valence-electron chi connectivity index (χ4n) is 2.77. The van der Waals surface area contributed by atoms with Crippen LogP contribution in [0.25, 0.3) is 0 Å². The van der Waals surface area contributed by atoms with Crippen LogP contribution in [0.5, 0.6) is 0 Å². The van der Waals surface area contributed by atoms with Crippen molar-refractivity contribution in [2.45, 2.75) is 58.8 Å². The number of nitrogens with zero attached hydrogens (tertiary/aromatic N) is 2. The first kappa shape index (κ1) is 16.5. The number of rotatable bonds is 8. The minimum Gasteiger partial charge on any atom is -0.346 e. The summed E-state index contributed by atoms with van der Waals surface area (Å²) in [7, 11) is 1.93. The van der Waals surface area contributed by atoms with Gasteiger partial charge in [-0.05, 0) is 45.3 Å². The summed E-state index contributed by atoms with van der Waals surface area (Å²) >= 11 is 0. The summed E-state index contributed by atoms with van der Waals surface area (Å²) in [5, 5.41) is 0. The molecule has 1 saturated heterocycles. The number of hydrogen-bond donors (Lipinski definition) is 0. The van der Waals surface area contributed by atoms with Gasteiger partial charge in [-0.15, -0.1) is 0 Å². The van der Waals surface area contributed by atoms with Gasteiger partial charge in [0.2, 0.25) is 5.91 Å². The maximum absolute atomic E-state index is 11.7. The van der Waals surface area contributed by atoms with Crippen molar-refractivity contribution in [2.75, 3.05) is 33.2 Å². The summed E-state index contributed by atoms with van der Waals surface area (Å²) in [5.74, 6) is 0.400. The highest BCUT2D eigenvalue weighted by Crippen LogP contribution is 2.10. The highest BCUT2D eigenvalue weighted by atomic mass is 16.2. The van der Waals surface area contributed by atoms with Crippen molar-refractivity contribution < 1.29 is 4.79 Å². The lowest BCUT2D eigenvalue weighted by molar-refractivity contribution is -0.133. The molecule has 1 aliphatic rings. The first-order valence-electron chi connectivity index (χ1n) is 8.08. The topological polar surface area (TPSA) is 23.6 Å². The van der Waals surface area contributed by atoms with Crippen LogP contribution in [0.1, 0.15) is 58.8 Å². The number of amides is 1. The number of carbonyl (C=O) groups excluding carboxylic acids is 1. The van der Waals surface area contributed by atoms with Gasteiger partial charge in [0.25, 0.3) is 0 Å². The predicted molar refractivity (Wildman–Crippen MR) is 81.2 cm³/mol. The zero-order valence-corrected chi connectivity index (χ0v) is 13.2. The summed E-state index contributed by atoms with van der Waals surface area (Å²) in [4.78, 5) is 16.2. The van der Waals surface area contributed by atoms with Crippen LogP contribution < -0.4 is 0 Å². The molecule has 1 rings (SSSR count). The molecule has 0 unspecified atom stereocenters. The van der Waals surface area contributed by atoms with E-state index in [0.29, 0.717) is 0 Å². The number of hydrogen-bond acceptors (Lipinski definition) is 2. The van der Waals surface area contributed by atoms with Gasteiger partial charge in [-0.25, -0.2) is 0 Å². The smallest absolute Gasteiger partial charge is 0.224 e. The molecular formula is C16H32N2O. The van der Waals surface area contributed by atoms with Crippen LogP contribution >= 0.6 is 0 Å². The van der Waals surface area contributed by atoms with Crippen LogP contribution in [0, 0.1) is 5.92 Å². The Kier molecular flexibility index (Phi) is 8.11. The second kappa shape index (κ2) is 9.35. The third-order valence-corrected chi connectivity index (χ3v) is 4.04. The van der Waals surface area contributed by atoms with E-state index in [9.17, 15) is 4.79 Å². The Morgan fingerprint density at radius 3 is 2.32 bits per heavy atom. The highest BCUT2D eigenvalue weighted by molar-refractivity contribution is 5.77. The van der Waals surface area contributed by atoms with Crippen molar-refractivity contribution in [1.82, 2.24) is 9.80 Å². The van der Waals surface area contributed by atoms with E-state index in [1.54, 1.807) is 0 Å². The number of unbranched alkanes of at least 4 members (excludes halogenated alkanes) is 3. The van der Waals surface area contributed by atoms with E-state index in [-0.39, 0.29) is 11.8 Å². The van der Waals surface area contributed by atoms with Crippen molar-refractivity contribution in [3.05, 3.63) is 0 Å².